The van der Waals surface area contributed by atoms with Crippen molar-refractivity contribution in [3.63, 3.8) is 0 Å². The van der Waals surface area contributed by atoms with Gasteiger partial charge in [-0.1, -0.05) is 23.7 Å². The highest BCUT2D eigenvalue weighted by Gasteiger charge is 2.45. The molecule has 41 heavy (non-hydrogen) atoms. The number of piperidine rings is 1. The standard InChI is InChI=1S/C33H42ClF2N3O2/c1-32(2,3)39-19-26(25-10-8-23(35)18-29(25)36)27(20-39)30(40)37-15-11-21(12-16-37)24-9-7-22(34)17-28(24)33(4,5)31(41)38-13-6-14-38/h7-10,17-18,21,26-27H,6,11-16,19-20H2,1-5H3. The second kappa shape index (κ2) is 11.3. The lowest BCUT2D eigenvalue weighted by Crippen LogP contribution is -2.50. The van der Waals surface area contributed by atoms with Crippen molar-refractivity contribution in [3.8, 4) is 0 Å². The van der Waals surface area contributed by atoms with Gasteiger partial charge in [-0.25, -0.2) is 8.78 Å². The van der Waals surface area contributed by atoms with Gasteiger partial charge in [0.1, 0.15) is 11.6 Å². The molecule has 2 aromatic carbocycles. The average molecular weight is 586 g/mol. The summed E-state index contributed by atoms with van der Waals surface area (Å²) in [4.78, 5) is 33.4. The molecule has 8 heteroatoms. The fourth-order valence-electron chi connectivity index (χ4n) is 6.82. The molecule has 5 nitrogen and oxygen atoms in total. The second-order valence-electron chi connectivity index (χ2n) is 13.6. The highest BCUT2D eigenvalue weighted by molar-refractivity contribution is 6.30. The van der Waals surface area contributed by atoms with E-state index in [1.165, 1.54) is 12.1 Å². The van der Waals surface area contributed by atoms with Gasteiger partial charge in [-0.3, -0.25) is 14.5 Å². The maximum atomic E-state index is 14.9. The fraction of sp³-hybridized carbons (Fsp3) is 0.576. The summed E-state index contributed by atoms with van der Waals surface area (Å²) in [5.41, 5.74) is 1.63. The Morgan fingerprint density at radius 1 is 0.854 bits per heavy atom. The number of nitrogens with zero attached hydrogens (tertiary/aromatic N) is 3. The second-order valence-corrected chi connectivity index (χ2v) is 14.0. The molecule has 3 saturated heterocycles. The Bertz CT molecular complexity index is 1310. The summed E-state index contributed by atoms with van der Waals surface area (Å²) >= 11 is 6.43. The van der Waals surface area contributed by atoms with Gasteiger partial charge in [0.2, 0.25) is 11.8 Å². The molecule has 3 heterocycles. The van der Waals surface area contributed by atoms with Crippen LogP contribution in [0.4, 0.5) is 8.78 Å². The molecule has 2 amide bonds. The molecule has 0 radical (unpaired) electrons. The maximum Gasteiger partial charge on any atom is 0.232 e. The molecule has 0 saturated carbocycles. The normalized spacial score (nSPS) is 22.6. The van der Waals surface area contributed by atoms with Crippen LogP contribution < -0.4 is 0 Å². The number of amides is 2. The first-order valence-electron chi connectivity index (χ1n) is 14.9. The van der Waals surface area contributed by atoms with Crippen LogP contribution in [0.15, 0.2) is 36.4 Å². The topological polar surface area (TPSA) is 43.9 Å². The van der Waals surface area contributed by atoms with Crippen LogP contribution in [0.2, 0.25) is 5.02 Å². The van der Waals surface area contributed by atoms with E-state index in [-0.39, 0.29) is 29.2 Å². The monoisotopic (exact) mass is 585 g/mol. The van der Waals surface area contributed by atoms with Gasteiger partial charge < -0.3 is 9.80 Å². The molecule has 0 aromatic heterocycles. The van der Waals surface area contributed by atoms with E-state index in [4.69, 9.17) is 11.6 Å². The fourth-order valence-corrected chi connectivity index (χ4v) is 6.99. The minimum absolute atomic E-state index is 0.0357. The molecular formula is C33H42ClF2N3O2. The van der Waals surface area contributed by atoms with E-state index in [1.54, 1.807) is 0 Å². The van der Waals surface area contributed by atoms with Gasteiger partial charge >= 0.3 is 0 Å². The SMILES string of the molecule is CC(C)(C(=O)N1CCC1)c1cc(Cl)ccc1C1CCN(C(=O)C2CN(C(C)(C)C)CC2c2ccc(F)cc2F)CC1. The van der Waals surface area contributed by atoms with Gasteiger partial charge in [0.25, 0.3) is 0 Å². The van der Waals surface area contributed by atoms with Crippen molar-refractivity contribution >= 4 is 23.4 Å². The zero-order chi connectivity index (χ0) is 29.7. The molecular weight excluding hydrogens is 544 g/mol. The number of hydrogen-bond donors (Lipinski definition) is 0. The van der Waals surface area contributed by atoms with Gasteiger partial charge in [-0.05, 0) is 94.7 Å². The summed E-state index contributed by atoms with van der Waals surface area (Å²) in [7, 11) is 0. The Kier molecular flexibility index (Phi) is 8.25. The van der Waals surface area contributed by atoms with E-state index in [2.05, 4.69) is 31.7 Å². The minimum atomic E-state index is -0.694. The first-order valence-corrected chi connectivity index (χ1v) is 15.2. The zero-order valence-electron chi connectivity index (χ0n) is 24.9. The van der Waals surface area contributed by atoms with Crippen LogP contribution in [-0.4, -0.2) is 71.3 Å². The number of carbonyl (C=O) groups is 2. The van der Waals surface area contributed by atoms with Crippen LogP contribution in [0.5, 0.6) is 0 Å². The molecule has 5 rings (SSSR count). The average Bonchev–Trinajstić information content (AvgIpc) is 3.33. The van der Waals surface area contributed by atoms with Crippen molar-refractivity contribution in [2.45, 2.75) is 76.7 Å². The number of hydrogen-bond acceptors (Lipinski definition) is 3. The summed E-state index contributed by atoms with van der Waals surface area (Å²) in [6.45, 7) is 14.1. The molecule has 2 aromatic rings. The summed E-state index contributed by atoms with van der Waals surface area (Å²) in [5, 5.41) is 0.615. The van der Waals surface area contributed by atoms with Gasteiger partial charge in [-0.2, -0.15) is 0 Å². The molecule has 222 valence electrons. The summed E-state index contributed by atoms with van der Waals surface area (Å²) in [6, 6.07) is 9.58. The van der Waals surface area contributed by atoms with Crippen molar-refractivity contribution < 1.29 is 18.4 Å². The van der Waals surface area contributed by atoms with Crippen molar-refractivity contribution in [2.24, 2.45) is 5.92 Å². The smallest absolute Gasteiger partial charge is 0.232 e. The number of likely N-dealkylation sites (tertiary alicyclic amines) is 3. The van der Waals surface area contributed by atoms with Gasteiger partial charge in [0, 0.05) is 61.8 Å². The summed E-state index contributed by atoms with van der Waals surface area (Å²) < 4.78 is 28.6. The predicted molar refractivity (Wildman–Crippen MR) is 158 cm³/mol. The Hall–Kier alpha value is -2.51. The van der Waals surface area contributed by atoms with Crippen molar-refractivity contribution in [3.05, 3.63) is 69.7 Å². The molecule has 0 spiro atoms. The van der Waals surface area contributed by atoms with E-state index >= 15 is 0 Å². The first-order chi connectivity index (χ1) is 19.3. The molecule has 0 aliphatic carbocycles. The minimum Gasteiger partial charge on any atom is -0.342 e. The zero-order valence-corrected chi connectivity index (χ0v) is 25.6. The van der Waals surface area contributed by atoms with Crippen molar-refractivity contribution in [1.82, 2.24) is 14.7 Å². The van der Waals surface area contributed by atoms with Crippen LogP contribution in [0.25, 0.3) is 0 Å². The third kappa shape index (κ3) is 5.90. The maximum absolute atomic E-state index is 14.9. The summed E-state index contributed by atoms with van der Waals surface area (Å²) in [6.07, 6.45) is 2.60. The quantitative estimate of drug-likeness (QED) is 0.411. The highest BCUT2D eigenvalue weighted by atomic mass is 35.5. The third-order valence-corrected chi connectivity index (χ3v) is 9.80. The van der Waals surface area contributed by atoms with Crippen LogP contribution in [0.3, 0.4) is 0 Å². The lowest BCUT2D eigenvalue weighted by molar-refractivity contribution is -0.139. The largest absolute Gasteiger partial charge is 0.342 e. The number of carbonyl (C=O) groups excluding carboxylic acids is 2. The Morgan fingerprint density at radius 3 is 2.10 bits per heavy atom. The molecule has 3 aliphatic heterocycles. The molecule has 2 atom stereocenters. The van der Waals surface area contributed by atoms with E-state index in [1.807, 2.05) is 35.8 Å². The molecule has 0 bridgehead atoms. The Labute approximate surface area is 247 Å². The predicted octanol–water partition coefficient (Wildman–Crippen LogP) is 6.35. The first kappa shape index (κ1) is 30.0. The molecule has 2 unspecified atom stereocenters. The van der Waals surface area contributed by atoms with Crippen LogP contribution in [-0.2, 0) is 15.0 Å². The van der Waals surface area contributed by atoms with Gasteiger partial charge in [0.15, 0.2) is 0 Å². The lowest BCUT2D eigenvalue weighted by atomic mass is 9.75. The Balaban J connectivity index is 1.34. The Morgan fingerprint density at radius 2 is 1.51 bits per heavy atom. The van der Waals surface area contributed by atoms with Crippen LogP contribution >= 0.6 is 11.6 Å². The number of benzene rings is 2. The number of halogens is 3. The van der Waals surface area contributed by atoms with Crippen molar-refractivity contribution in [1.29, 1.82) is 0 Å². The van der Waals surface area contributed by atoms with E-state index in [0.717, 1.165) is 49.5 Å². The van der Waals surface area contributed by atoms with E-state index in [0.29, 0.717) is 36.8 Å². The van der Waals surface area contributed by atoms with Crippen LogP contribution in [0.1, 0.15) is 82.4 Å². The van der Waals surface area contributed by atoms with Crippen molar-refractivity contribution in [2.75, 3.05) is 39.3 Å². The highest BCUT2D eigenvalue weighted by Crippen LogP contribution is 2.42. The third-order valence-electron chi connectivity index (χ3n) is 9.56. The van der Waals surface area contributed by atoms with Gasteiger partial charge in [0.05, 0.1) is 11.3 Å². The molecule has 3 aliphatic rings. The number of rotatable bonds is 5. The lowest BCUT2D eigenvalue weighted by Gasteiger charge is -2.40. The van der Waals surface area contributed by atoms with Gasteiger partial charge in [-0.15, -0.1) is 0 Å². The van der Waals surface area contributed by atoms with E-state index in [9.17, 15) is 18.4 Å². The van der Waals surface area contributed by atoms with Crippen LogP contribution in [0, 0.1) is 17.6 Å². The van der Waals surface area contributed by atoms with E-state index < -0.39 is 23.0 Å². The molecule has 3 fully saturated rings. The summed E-state index contributed by atoms with van der Waals surface area (Å²) in [5.74, 6) is -1.57. The molecule has 0 N–H and O–H groups in total.